The van der Waals surface area contributed by atoms with E-state index in [1.807, 2.05) is 4.90 Å². The summed E-state index contributed by atoms with van der Waals surface area (Å²) in [7, 11) is 0. The highest BCUT2D eigenvalue weighted by atomic mass is 19.1. The standard InChI is InChI=1S/C24H34FN3O2/c25-20-8-6-19(7-9-20)24(30)28-16-12-22(13-17-28)27-14-10-18(11-15-27)23(29)26-21-4-2-1-3-5-21/h6-9,18,21-22H,1-5,10-17H2,(H,26,29). The third-order valence-corrected chi connectivity index (χ3v) is 7.21. The van der Waals surface area contributed by atoms with Crippen molar-refractivity contribution in [2.45, 2.75) is 69.9 Å². The molecule has 0 aromatic heterocycles. The van der Waals surface area contributed by atoms with E-state index in [0.29, 0.717) is 17.6 Å². The van der Waals surface area contributed by atoms with Gasteiger partial charge in [0.15, 0.2) is 0 Å². The first kappa shape index (κ1) is 21.3. The van der Waals surface area contributed by atoms with Crippen molar-refractivity contribution >= 4 is 11.8 Å². The summed E-state index contributed by atoms with van der Waals surface area (Å²) in [5.41, 5.74) is 0.555. The SMILES string of the molecule is O=C(NC1CCCCC1)C1CCN(C2CCN(C(=O)c3ccc(F)cc3)CC2)CC1. The lowest BCUT2D eigenvalue weighted by Crippen LogP contribution is -2.50. The molecule has 0 radical (unpaired) electrons. The third-order valence-electron chi connectivity index (χ3n) is 7.21. The van der Waals surface area contributed by atoms with Crippen LogP contribution in [-0.2, 0) is 4.79 Å². The predicted octanol–water partition coefficient (Wildman–Crippen LogP) is 3.59. The summed E-state index contributed by atoms with van der Waals surface area (Å²) >= 11 is 0. The number of amides is 2. The molecule has 2 amide bonds. The first-order chi connectivity index (χ1) is 14.6. The fourth-order valence-corrected chi connectivity index (χ4v) is 5.30. The maximum Gasteiger partial charge on any atom is 0.253 e. The molecule has 0 unspecified atom stereocenters. The fourth-order valence-electron chi connectivity index (χ4n) is 5.30. The number of rotatable bonds is 4. The Hall–Kier alpha value is -1.95. The normalized spacial score (nSPS) is 22.8. The van der Waals surface area contributed by atoms with Crippen LogP contribution in [0.2, 0.25) is 0 Å². The van der Waals surface area contributed by atoms with Crippen LogP contribution in [-0.4, -0.2) is 59.9 Å². The van der Waals surface area contributed by atoms with Crippen LogP contribution in [0.4, 0.5) is 4.39 Å². The topological polar surface area (TPSA) is 52.7 Å². The van der Waals surface area contributed by atoms with Gasteiger partial charge in [-0.25, -0.2) is 4.39 Å². The highest BCUT2D eigenvalue weighted by Gasteiger charge is 2.32. The quantitative estimate of drug-likeness (QED) is 0.818. The molecule has 5 nitrogen and oxygen atoms in total. The van der Waals surface area contributed by atoms with Gasteiger partial charge in [0.25, 0.3) is 5.91 Å². The number of piperidine rings is 2. The molecule has 4 rings (SSSR count). The maximum absolute atomic E-state index is 13.1. The van der Waals surface area contributed by atoms with Gasteiger partial charge in [0.05, 0.1) is 0 Å². The van der Waals surface area contributed by atoms with Gasteiger partial charge >= 0.3 is 0 Å². The number of carbonyl (C=O) groups is 2. The summed E-state index contributed by atoms with van der Waals surface area (Å²) < 4.78 is 13.1. The molecule has 0 spiro atoms. The zero-order chi connectivity index (χ0) is 20.9. The largest absolute Gasteiger partial charge is 0.353 e. The highest BCUT2D eigenvalue weighted by Crippen LogP contribution is 2.26. The van der Waals surface area contributed by atoms with Crippen molar-refractivity contribution in [3.63, 3.8) is 0 Å². The Morgan fingerprint density at radius 2 is 1.47 bits per heavy atom. The molecule has 3 aliphatic rings. The number of nitrogens with one attached hydrogen (secondary N) is 1. The molecular formula is C24H34FN3O2. The summed E-state index contributed by atoms with van der Waals surface area (Å²) in [6, 6.07) is 6.69. The van der Waals surface area contributed by atoms with Crippen LogP contribution in [0.5, 0.6) is 0 Å². The molecule has 0 atom stereocenters. The molecule has 2 aliphatic heterocycles. The van der Waals surface area contributed by atoms with Crippen LogP contribution in [0.15, 0.2) is 24.3 Å². The van der Waals surface area contributed by atoms with Crippen LogP contribution in [0.25, 0.3) is 0 Å². The van der Waals surface area contributed by atoms with Crippen LogP contribution in [0, 0.1) is 11.7 Å². The number of likely N-dealkylation sites (tertiary alicyclic amines) is 2. The molecule has 1 aliphatic carbocycles. The van der Waals surface area contributed by atoms with Crippen molar-refractivity contribution < 1.29 is 14.0 Å². The third kappa shape index (κ3) is 5.20. The molecule has 0 bridgehead atoms. The molecule has 30 heavy (non-hydrogen) atoms. The number of benzene rings is 1. The van der Waals surface area contributed by atoms with Gasteiger partial charge in [0.2, 0.25) is 5.91 Å². The molecule has 1 saturated carbocycles. The summed E-state index contributed by atoms with van der Waals surface area (Å²) in [6.45, 7) is 3.42. The van der Waals surface area contributed by atoms with E-state index in [4.69, 9.17) is 0 Å². The van der Waals surface area contributed by atoms with E-state index in [1.54, 1.807) is 12.1 Å². The minimum Gasteiger partial charge on any atom is -0.353 e. The Morgan fingerprint density at radius 1 is 0.833 bits per heavy atom. The zero-order valence-electron chi connectivity index (χ0n) is 17.8. The maximum atomic E-state index is 13.1. The van der Waals surface area contributed by atoms with Crippen molar-refractivity contribution in [2.75, 3.05) is 26.2 Å². The van der Waals surface area contributed by atoms with E-state index >= 15 is 0 Å². The number of hydrogen-bond donors (Lipinski definition) is 1. The summed E-state index contributed by atoms with van der Waals surface area (Å²) in [5, 5.41) is 3.30. The second-order valence-electron chi connectivity index (χ2n) is 9.18. The Bertz CT molecular complexity index is 716. The molecule has 1 aromatic carbocycles. The molecule has 2 saturated heterocycles. The van der Waals surface area contributed by atoms with Crippen molar-refractivity contribution in [3.05, 3.63) is 35.6 Å². The van der Waals surface area contributed by atoms with Crippen LogP contribution >= 0.6 is 0 Å². The van der Waals surface area contributed by atoms with Gasteiger partial charge < -0.3 is 15.1 Å². The Labute approximate surface area is 179 Å². The molecule has 6 heteroatoms. The molecule has 1 aromatic rings. The number of carbonyl (C=O) groups excluding carboxylic acids is 2. The molecule has 164 valence electrons. The Kier molecular flexibility index (Phi) is 7.03. The van der Waals surface area contributed by atoms with Gasteiger partial charge in [0.1, 0.15) is 5.82 Å². The van der Waals surface area contributed by atoms with Crippen molar-refractivity contribution in [1.29, 1.82) is 0 Å². The zero-order valence-corrected chi connectivity index (χ0v) is 17.8. The number of halogens is 1. The summed E-state index contributed by atoms with van der Waals surface area (Å²) in [6.07, 6.45) is 9.87. The molecule has 1 N–H and O–H groups in total. The van der Waals surface area contributed by atoms with Gasteiger partial charge in [-0.05, 0) is 75.9 Å². The lowest BCUT2D eigenvalue weighted by molar-refractivity contribution is -0.127. The lowest BCUT2D eigenvalue weighted by Gasteiger charge is -2.41. The second kappa shape index (κ2) is 9.90. The van der Waals surface area contributed by atoms with Crippen molar-refractivity contribution in [1.82, 2.24) is 15.1 Å². The number of hydrogen-bond acceptors (Lipinski definition) is 3. The highest BCUT2D eigenvalue weighted by molar-refractivity contribution is 5.94. The van der Waals surface area contributed by atoms with Crippen LogP contribution in [0.1, 0.15) is 68.1 Å². The van der Waals surface area contributed by atoms with Gasteiger partial charge in [-0.2, -0.15) is 0 Å². The van der Waals surface area contributed by atoms with Crippen molar-refractivity contribution in [2.24, 2.45) is 5.92 Å². The Balaban J connectivity index is 1.20. The average molecular weight is 416 g/mol. The van der Waals surface area contributed by atoms with Gasteiger partial charge in [-0.15, -0.1) is 0 Å². The van der Waals surface area contributed by atoms with Gasteiger partial charge in [-0.1, -0.05) is 19.3 Å². The van der Waals surface area contributed by atoms with E-state index in [-0.39, 0.29) is 23.5 Å². The smallest absolute Gasteiger partial charge is 0.253 e. The fraction of sp³-hybridized carbons (Fsp3) is 0.667. The van der Waals surface area contributed by atoms with E-state index in [9.17, 15) is 14.0 Å². The minimum atomic E-state index is -0.318. The minimum absolute atomic E-state index is 0.00783. The van der Waals surface area contributed by atoms with Gasteiger partial charge in [0, 0.05) is 36.7 Å². The Morgan fingerprint density at radius 3 is 2.10 bits per heavy atom. The van der Waals surface area contributed by atoms with Crippen molar-refractivity contribution in [3.8, 4) is 0 Å². The van der Waals surface area contributed by atoms with E-state index in [0.717, 1.165) is 64.7 Å². The molecule has 3 fully saturated rings. The summed E-state index contributed by atoms with van der Waals surface area (Å²) in [5.74, 6) is 0.0946. The van der Waals surface area contributed by atoms with Gasteiger partial charge in [-0.3, -0.25) is 9.59 Å². The first-order valence-electron chi connectivity index (χ1n) is 11.7. The lowest BCUT2D eigenvalue weighted by atomic mass is 9.91. The number of nitrogens with zero attached hydrogens (tertiary/aromatic N) is 2. The van der Waals surface area contributed by atoms with Crippen LogP contribution in [0.3, 0.4) is 0 Å². The van der Waals surface area contributed by atoms with E-state index in [2.05, 4.69) is 10.2 Å². The molecular weight excluding hydrogens is 381 g/mol. The second-order valence-corrected chi connectivity index (χ2v) is 9.18. The monoisotopic (exact) mass is 415 g/mol. The average Bonchev–Trinajstić information content (AvgIpc) is 2.80. The van der Waals surface area contributed by atoms with E-state index < -0.39 is 0 Å². The first-order valence-corrected chi connectivity index (χ1v) is 11.7. The predicted molar refractivity (Wildman–Crippen MR) is 115 cm³/mol. The van der Waals surface area contributed by atoms with E-state index in [1.165, 1.54) is 31.4 Å². The van der Waals surface area contributed by atoms with Crippen LogP contribution < -0.4 is 5.32 Å². The summed E-state index contributed by atoms with van der Waals surface area (Å²) in [4.78, 5) is 29.6. The molecule has 2 heterocycles.